The van der Waals surface area contributed by atoms with Gasteiger partial charge in [0.2, 0.25) is 0 Å². The Bertz CT molecular complexity index is 189. The Morgan fingerprint density at radius 2 is 1.94 bits per heavy atom. The third-order valence-electron chi connectivity index (χ3n) is 3.74. The molecule has 1 saturated heterocycles. The SMILES string of the molecule is CC(C)CCCN1CCCCC1CNC(C)C. The van der Waals surface area contributed by atoms with Gasteiger partial charge in [0, 0.05) is 18.6 Å². The average Bonchev–Trinajstić information content (AvgIpc) is 2.27. The third-order valence-corrected chi connectivity index (χ3v) is 3.74. The molecule has 0 amide bonds. The van der Waals surface area contributed by atoms with Gasteiger partial charge < -0.3 is 5.32 Å². The van der Waals surface area contributed by atoms with E-state index in [0.717, 1.165) is 12.0 Å². The van der Waals surface area contributed by atoms with Crippen molar-refractivity contribution in [3.05, 3.63) is 0 Å². The van der Waals surface area contributed by atoms with Crippen molar-refractivity contribution in [2.75, 3.05) is 19.6 Å². The molecule has 0 radical (unpaired) electrons. The van der Waals surface area contributed by atoms with Gasteiger partial charge in [-0.2, -0.15) is 0 Å². The van der Waals surface area contributed by atoms with E-state index in [1.165, 1.54) is 51.7 Å². The summed E-state index contributed by atoms with van der Waals surface area (Å²) < 4.78 is 0. The van der Waals surface area contributed by atoms with Crippen LogP contribution in [0.15, 0.2) is 0 Å². The zero-order valence-corrected chi connectivity index (χ0v) is 12.3. The van der Waals surface area contributed by atoms with Gasteiger partial charge in [-0.15, -0.1) is 0 Å². The Morgan fingerprint density at radius 1 is 1.18 bits per heavy atom. The lowest BCUT2D eigenvalue weighted by Crippen LogP contribution is -2.47. The molecule has 1 unspecified atom stereocenters. The predicted octanol–water partition coefficient (Wildman–Crippen LogP) is 3.28. The Hall–Kier alpha value is -0.0800. The van der Waals surface area contributed by atoms with Gasteiger partial charge in [0.25, 0.3) is 0 Å². The second-order valence-corrected chi connectivity index (χ2v) is 6.28. The van der Waals surface area contributed by atoms with Crippen molar-refractivity contribution in [2.24, 2.45) is 5.92 Å². The fraction of sp³-hybridized carbons (Fsp3) is 1.00. The van der Waals surface area contributed by atoms with Gasteiger partial charge in [-0.3, -0.25) is 4.90 Å². The molecule has 17 heavy (non-hydrogen) atoms. The summed E-state index contributed by atoms with van der Waals surface area (Å²) in [5.74, 6) is 0.854. The molecule has 0 aromatic rings. The van der Waals surface area contributed by atoms with Crippen molar-refractivity contribution in [3.8, 4) is 0 Å². The topological polar surface area (TPSA) is 15.3 Å². The van der Waals surface area contributed by atoms with Crippen LogP contribution >= 0.6 is 0 Å². The van der Waals surface area contributed by atoms with Gasteiger partial charge in [0.05, 0.1) is 0 Å². The molecule has 2 heteroatoms. The first kappa shape index (κ1) is 15.0. The number of nitrogens with one attached hydrogen (secondary N) is 1. The fourth-order valence-electron chi connectivity index (χ4n) is 2.66. The van der Waals surface area contributed by atoms with E-state index in [2.05, 4.69) is 37.9 Å². The molecule has 0 aliphatic carbocycles. The van der Waals surface area contributed by atoms with Crippen LogP contribution in [0.2, 0.25) is 0 Å². The van der Waals surface area contributed by atoms with Gasteiger partial charge in [0.15, 0.2) is 0 Å². The largest absolute Gasteiger partial charge is 0.313 e. The van der Waals surface area contributed by atoms with E-state index < -0.39 is 0 Å². The molecule has 102 valence electrons. The standard InChI is InChI=1S/C15H32N2/c1-13(2)8-7-11-17-10-6-5-9-15(17)12-16-14(3)4/h13-16H,5-12H2,1-4H3. The molecule has 0 saturated carbocycles. The third kappa shape index (κ3) is 6.42. The minimum Gasteiger partial charge on any atom is -0.313 e. The molecule has 0 aromatic carbocycles. The summed E-state index contributed by atoms with van der Waals surface area (Å²) in [6, 6.07) is 1.41. The quantitative estimate of drug-likeness (QED) is 0.735. The summed E-state index contributed by atoms with van der Waals surface area (Å²) in [5, 5.41) is 3.60. The molecule has 1 rings (SSSR count). The lowest BCUT2D eigenvalue weighted by Gasteiger charge is -2.36. The number of hydrogen-bond acceptors (Lipinski definition) is 2. The first-order chi connectivity index (χ1) is 8.09. The maximum atomic E-state index is 3.60. The minimum absolute atomic E-state index is 0.620. The molecule has 1 fully saturated rings. The molecule has 0 aromatic heterocycles. The Balaban J connectivity index is 2.26. The lowest BCUT2D eigenvalue weighted by atomic mass is 10.0. The first-order valence-electron chi connectivity index (χ1n) is 7.57. The molecule has 1 aliphatic heterocycles. The van der Waals surface area contributed by atoms with E-state index in [9.17, 15) is 0 Å². The average molecular weight is 240 g/mol. The predicted molar refractivity (Wildman–Crippen MR) is 76.4 cm³/mol. The Kier molecular flexibility index (Phi) is 7.14. The summed E-state index contributed by atoms with van der Waals surface area (Å²) >= 11 is 0. The summed E-state index contributed by atoms with van der Waals surface area (Å²) in [5.41, 5.74) is 0. The zero-order chi connectivity index (χ0) is 12.7. The summed E-state index contributed by atoms with van der Waals surface area (Å²) in [6.07, 6.45) is 6.96. The van der Waals surface area contributed by atoms with Crippen LogP contribution in [0, 0.1) is 5.92 Å². The van der Waals surface area contributed by atoms with Gasteiger partial charge in [0.1, 0.15) is 0 Å². The summed E-state index contributed by atoms with van der Waals surface area (Å²) in [4.78, 5) is 2.72. The van der Waals surface area contributed by atoms with Crippen molar-refractivity contribution in [2.45, 2.75) is 71.9 Å². The molecule has 2 nitrogen and oxygen atoms in total. The number of hydrogen-bond donors (Lipinski definition) is 1. The molecule has 1 N–H and O–H groups in total. The second kappa shape index (κ2) is 8.10. The van der Waals surface area contributed by atoms with Crippen molar-refractivity contribution in [3.63, 3.8) is 0 Å². The van der Waals surface area contributed by atoms with Crippen LogP contribution < -0.4 is 5.32 Å². The van der Waals surface area contributed by atoms with E-state index in [1.54, 1.807) is 0 Å². The zero-order valence-electron chi connectivity index (χ0n) is 12.3. The molecule has 1 heterocycles. The summed E-state index contributed by atoms with van der Waals surface area (Å²) in [7, 11) is 0. The first-order valence-corrected chi connectivity index (χ1v) is 7.57. The number of nitrogens with zero attached hydrogens (tertiary/aromatic N) is 1. The molecule has 1 atom stereocenters. The molecule has 0 spiro atoms. The fourth-order valence-corrected chi connectivity index (χ4v) is 2.66. The van der Waals surface area contributed by atoms with Crippen LogP contribution in [-0.4, -0.2) is 36.6 Å². The van der Waals surface area contributed by atoms with Crippen LogP contribution in [0.3, 0.4) is 0 Å². The van der Waals surface area contributed by atoms with E-state index in [4.69, 9.17) is 0 Å². The maximum absolute atomic E-state index is 3.60. The van der Waals surface area contributed by atoms with Crippen LogP contribution in [0.5, 0.6) is 0 Å². The van der Waals surface area contributed by atoms with Crippen LogP contribution in [0.4, 0.5) is 0 Å². The van der Waals surface area contributed by atoms with Crippen molar-refractivity contribution < 1.29 is 0 Å². The van der Waals surface area contributed by atoms with Gasteiger partial charge >= 0.3 is 0 Å². The van der Waals surface area contributed by atoms with Gasteiger partial charge in [-0.25, -0.2) is 0 Å². The lowest BCUT2D eigenvalue weighted by molar-refractivity contribution is 0.139. The van der Waals surface area contributed by atoms with Crippen molar-refractivity contribution in [1.82, 2.24) is 10.2 Å². The van der Waals surface area contributed by atoms with Gasteiger partial charge in [-0.1, -0.05) is 34.1 Å². The van der Waals surface area contributed by atoms with Gasteiger partial charge in [-0.05, 0) is 44.7 Å². The van der Waals surface area contributed by atoms with E-state index >= 15 is 0 Å². The van der Waals surface area contributed by atoms with Crippen LogP contribution in [-0.2, 0) is 0 Å². The maximum Gasteiger partial charge on any atom is 0.0220 e. The number of likely N-dealkylation sites (tertiary alicyclic amines) is 1. The molecule has 0 bridgehead atoms. The van der Waals surface area contributed by atoms with Crippen molar-refractivity contribution in [1.29, 1.82) is 0 Å². The Labute approximate surface area is 108 Å². The molecular formula is C15H32N2. The highest BCUT2D eigenvalue weighted by atomic mass is 15.2. The van der Waals surface area contributed by atoms with Crippen molar-refractivity contribution >= 4 is 0 Å². The monoisotopic (exact) mass is 240 g/mol. The highest BCUT2D eigenvalue weighted by Gasteiger charge is 2.21. The van der Waals surface area contributed by atoms with Crippen LogP contribution in [0.1, 0.15) is 59.8 Å². The normalized spacial score (nSPS) is 22.6. The van der Waals surface area contributed by atoms with E-state index in [-0.39, 0.29) is 0 Å². The highest BCUT2D eigenvalue weighted by molar-refractivity contribution is 4.79. The van der Waals surface area contributed by atoms with Crippen LogP contribution in [0.25, 0.3) is 0 Å². The summed E-state index contributed by atoms with van der Waals surface area (Å²) in [6.45, 7) is 12.9. The van der Waals surface area contributed by atoms with E-state index in [0.29, 0.717) is 6.04 Å². The smallest absolute Gasteiger partial charge is 0.0220 e. The minimum atomic E-state index is 0.620. The molecule has 1 aliphatic rings. The Morgan fingerprint density at radius 3 is 2.59 bits per heavy atom. The van der Waals surface area contributed by atoms with E-state index in [1.807, 2.05) is 0 Å². The second-order valence-electron chi connectivity index (χ2n) is 6.28. The number of piperidine rings is 1. The highest BCUT2D eigenvalue weighted by Crippen LogP contribution is 2.18. The molecular weight excluding hydrogens is 208 g/mol. The number of rotatable bonds is 7.